The number of hydrogen-bond acceptors (Lipinski definition) is 3. The van der Waals surface area contributed by atoms with Crippen molar-refractivity contribution in [3.05, 3.63) is 47.5 Å². The van der Waals surface area contributed by atoms with Gasteiger partial charge in [-0.25, -0.2) is 4.98 Å². The van der Waals surface area contributed by atoms with E-state index in [1.165, 1.54) is 5.56 Å². The van der Waals surface area contributed by atoms with Gasteiger partial charge in [-0.1, -0.05) is 20.8 Å². The van der Waals surface area contributed by atoms with E-state index in [9.17, 15) is 0 Å². The Morgan fingerprint density at radius 1 is 1.09 bits per heavy atom. The third-order valence-electron chi connectivity index (χ3n) is 3.90. The van der Waals surface area contributed by atoms with Crippen molar-refractivity contribution in [2.24, 2.45) is 0 Å². The van der Waals surface area contributed by atoms with Crippen LogP contribution in [-0.4, -0.2) is 9.97 Å². The molecule has 1 aromatic carbocycles. The van der Waals surface area contributed by atoms with Crippen LogP contribution in [-0.2, 0) is 25.5 Å². The molecule has 0 saturated carbocycles. The topological polar surface area (TPSA) is 38.9 Å². The third kappa shape index (κ3) is 2.86. The summed E-state index contributed by atoms with van der Waals surface area (Å²) in [6.45, 7) is 10.6. The van der Waals surface area contributed by atoms with Gasteiger partial charge in [0.15, 0.2) is 0 Å². The van der Waals surface area contributed by atoms with E-state index >= 15 is 0 Å². The van der Waals surface area contributed by atoms with Gasteiger partial charge in [0.1, 0.15) is 12.1 Å². The van der Waals surface area contributed by atoms with Crippen LogP contribution in [0.15, 0.2) is 28.9 Å². The van der Waals surface area contributed by atoms with Crippen LogP contribution in [0.5, 0.6) is 0 Å². The van der Waals surface area contributed by atoms with Crippen molar-refractivity contribution >= 4 is 11.1 Å². The molecule has 0 aliphatic carbocycles. The summed E-state index contributed by atoms with van der Waals surface area (Å²) < 4.78 is 5.67. The van der Waals surface area contributed by atoms with Crippen LogP contribution in [0, 0.1) is 19.9 Å². The fourth-order valence-electron chi connectivity index (χ4n) is 2.43. The molecule has 0 spiro atoms. The molecule has 3 aromatic rings. The fraction of sp³-hybridized carbons (Fsp3) is 0.333. The van der Waals surface area contributed by atoms with E-state index in [1.54, 1.807) is 6.33 Å². The van der Waals surface area contributed by atoms with Crippen molar-refractivity contribution in [2.45, 2.75) is 40.0 Å². The zero-order valence-corrected chi connectivity index (χ0v) is 15.8. The molecule has 0 saturated heterocycles. The molecule has 2 aromatic heterocycles. The van der Waals surface area contributed by atoms with Gasteiger partial charge in [0.25, 0.3) is 0 Å². The summed E-state index contributed by atoms with van der Waals surface area (Å²) in [6, 6.07) is 9.62. The first-order valence-electron chi connectivity index (χ1n) is 7.11. The van der Waals surface area contributed by atoms with Gasteiger partial charge in [0.05, 0.1) is 0 Å². The molecule has 22 heavy (non-hydrogen) atoms. The summed E-state index contributed by atoms with van der Waals surface area (Å²) in [4.78, 5) is 8.65. The summed E-state index contributed by atoms with van der Waals surface area (Å²) >= 11 is 0. The molecular weight excluding hydrogens is 452 g/mol. The van der Waals surface area contributed by atoms with Crippen molar-refractivity contribution in [1.29, 1.82) is 0 Å². The minimum absolute atomic E-state index is 0. The maximum atomic E-state index is 5.67. The molecule has 3 nitrogen and oxygen atoms in total. The number of benzene rings is 1. The zero-order chi connectivity index (χ0) is 15.2. The van der Waals surface area contributed by atoms with Gasteiger partial charge in [-0.15, -0.1) is 35.4 Å². The fourth-order valence-corrected chi connectivity index (χ4v) is 2.43. The van der Waals surface area contributed by atoms with E-state index in [1.807, 2.05) is 19.9 Å². The standard InChI is InChI=1S/C18H19N2O.Ir/c1-11-12(2)21-17-15(11)16(19-10-20-17)13-6-8-14(9-7-13)18(3,4)5;/h6,8-10H,1-5H3;/q-1;. The largest absolute Gasteiger partial charge is 0.444 e. The zero-order valence-electron chi connectivity index (χ0n) is 13.4. The second-order valence-electron chi connectivity index (χ2n) is 6.43. The smallest absolute Gasteiger partial charge is 0.220 e. The second-order valence-corrected chi connectivity index (χ2v) is 6.43. The van der Waals surface area contributed by atoms with Crippen LogP contribution in [0.4, 0.5) is 0 Å². The van der Waals surface area contributed by atoms with E-state index in [4.69, 9.17) is 4.42 Å². The Balaban J connectivity index is 0.00000176. The van der Waals surface area contributed by atoms with Gasteiger partial charge < -0.3 is 4.42 Å². The van der Waals surface area contributed by atoms with Gasteiger partial charge in [-0.05, 0) is 24.8 Å². The van der Waals surface area contributed by atoms with E-state index in [-0.39, 0.29) is 25.5 Å². The Morgan fingerprint density at radius 3 is 2.41 bits per heavy atom. The number of aryl methyl sites for hydroxylation is 2. The number of rotatable bonds is 1. The van der Waals surface area contributed by atoms with Gasteiger partial charge >= 0.3 is 0 Å². The van der Waals surface area contributed by atoms with Crippen molar-refractivity contribution in [1.82, 2.24) is 9.97 Å². The van der Waals surface area contributed by atoms with Crippen LogP contribution < -0.4 is 0 Å². The average molecular weight is 472 g/mol. The number of furan rings is 1. The van der Waals surface area contributed by atoms with Crippen molar-refractivity contribution in [3.63, 3.8) is 0 Å². The summed E-state index contributed by atoms with van der Waals surface area (Å²) in [5, 5.41) is 0.981. The van der Waals surface area contributed by atoms with Crippen LogP contribution in [0.2, 0.25) is 0 Å². The number of fused-ring (bicyclic) bond motifs is 1. The van der Waals surface area contributed by atoms with Crippen molar-refractivity contribution in [2.75, 3.05) is 0 Å². The summed E-state index contributed by atoms with van der Waals surface area (Å²) in [7, 11) is 0. The normalized spacial score (nSPS) is 11.5. The Morgan fingerprint density at radius 2 is 1.82 bits per heavy atom. The van der Waals surface area contributed by atoms with Crippen molar-refractivity contribution in [3.8, 4) is 11.3 Å². The number of nitrogens with zero attached hydrogens (tertiary/aromatic N) is 2. The molecule has 1 radical (unpaired) electrons. The Bertz CT molecular complexity index is 798. The molecule has 0 unspecified atom stereocenters. The molecule has 0 bridgehead atoms. The van der Waals surface area contributed by atoms with E-state index < -0.39 is 0 Å². The second kappa shape index (κ2) is 5.94. The molecular formula is C18H19IrN2O-. The first-order chi connectivity index (χ1) is 9.88. The van der Waals surface area contributed by atoms with E-state index in [0.29, 0.717) is 5.71 Å². The Hall–Kier alpha value is -1.51. The molecule has 0 atom stereocenters. The van der Waals surface area contributed by atoms with Gasteiger partial charge in [-0.2, -0.15) is 0 Å². The van der Waals surface area contributed by atoms with Crippen LogP contribution in [0.25, 0.3) is 22.4 Å². The first kappa shape index (κ1) is 16.9. The summed E-state index contributed by atoms with van der Waals surface area (Å²) in [5.74, 6) is 0.887. The molecule has 0 aliphatic heterocycles. The molecule has 3 rings (SSSR count). The van der Waals surface area contributed by atoms with Crippen LogP contribution in [0.3, 0.4) is 0 Å². The minimum Gasteiger partial charge on any atom is -0.444 e. The van der Waals surface area contributed by atoms with Gasteiger partial charge in [-0.3, -0.25) is 4.98 Å². The predicted octanol–water partition coefficient (Wildman–Crippen LogP) is 4.60. The molecule has 0 fully saturated rings. The average Bonchev–Trinajstić information content (AvgIpc) is 2.73. The molecule has 4 heteroatoms. The predicted molar refractivity (Wildman–Crippen MR) is 84.3 cm³/mol. The minimum atomic E-state index is 0. The quantitative estimate of drug-likeness (QED) is 0.487. The Kier molecular flexibility index (Phi) is 4.55. The summed E-state index contributed by atoms with van der Waals surface area (Å²) in [5.41, 5.74) is 4.97. The first-order valence-corrected chi connectivity index (χ1v) is 7.11. The maximum absolute atomic E-state index is 5.67. The van der Waals surface area contributed by atoms with Crippen LogP contribution in [0.1, 0.15) is 37.7 Å². The maximum Gasteiger partial charge on any atom is 0.220 e. The number of aromatic nitrogens is 2. The molecule has 0 amide bonds. The summed E-state index contributed by atoms with van der Waals surface area (Å²) in [6.07, 6.45) is 1.55. The van der Waals surface area contributed by atoms with Crippen LogP contribution >= 0.6 is 0 Å². The van der Waals surface area contributed by atoms with E-state index in [0.717, 1.165) is 28.0 Å². The van der Waals surface area contributed by atoms with Gasteiger partial charge in [0, 0.05) is 31.2 Å². The van der Waals surface area contributed by atoms with Crippen molar-refractivity contribution < 1.29 is 24.5 Å². The molecule has 117 valence electrons. The monoisotopic (exact) mass is 472 g/mol. The Labute approximate surface area is 144 Å². The number of hydrogen-bond donors (Lipinski definition) is 0. The molecule has 0 aliphatic rings. The third-order valence-corrected chi connectivity index (χ3v) is 3.90. The van der Waals surface area contributed by atoms with E-state index in [2.05, 4.69) is 48.9 Å². The molecule has 2 heterocycles. The van der Waals surface area contributed by atoms with Gasteiger partial charge in [0.2, 0.25) is 5.71 Å². The SMILES string of the molecule is Cc1oc2ncnc(-c3[c-]cc(C(C)(C)C)cc3)c2c1C.[Ir]. The molecule has 0 N–H and O–H groups in total.